The summed E-state index contributed by atoms with van der Waals surface area (Å²) in [4.78, 5) is 56.8. The summed E-state index contributed by atoms with van der Waals surface area (Å²) in [6.45, 7) is 11.7. The molecule has 378 valence electrons. The molecule has 2 saturated heterocycles. The quantitative estimate of drug-likeness (QED) is 0.0648. The van der Waals surface area contributed by atoms with Crippen molar-refractivity contribution >= 4 is 45.3 Å². The number of nitrogens with zero attached hydrogens (tertiary/aromatic N) is 6. The highest BCUT2D eigenvalue weighted by Crippen LogP contribution is 2.43. The van der Waals surface area contributed by atoms with Crippen molar-refractivity contribution in [2.24, 2.45) is 0 Å². The van der Waals surface area contributed by atoms with E-state index in [1.165, 1.54) is 23.1 Å². The van der Waals surface area contributed by atoms with Gasteiger partial charge in [0.05, 0.1) is 61.1 Å². The molecule has 2 unspecified atom stereocenters. The van der Waals surface area contributed by atoms with Crippen LogP contribution in [0.5, 0.6) is 11.5 Å². The normalized spacial score (nSPS) is 17.9. The Hall–Kier alpha value is -6.73. The van der Waals surface area contributed by atoms with E-state index in [1.54, 1.807) is 35.2 Å². The summed E-state index contributed by atoms with van der Waals surface area (Å²) in [6.07, 6.45) is -0.0300. The van der Waals surface area contributed by atoms with Gasteiger partial charge >= 0.3 is 0 Å². The van der Waals surface area contributed by atoms with Crippen molar-refractivity contribution in [3.63, 3.8) is 0 Å². The van der Waals surface area contributed by atoms with Gasteiger partial charge in [-0.3, -0.25) is 34.1 Å². The van der Waals surface area contributed by atoms with Crippen LogP contribution in [0.2, 0.25) is 0 Å². The highest BCUT2D eigenvalue weighted by atomic mass is 19.1. The smallest absolute Gasteiger partial charge is 0.260 e. The number of fused-ring (bicyclic) bond motifs is 4. The Kier molecular flexibility index (Phi) is 13.6. The monoisotopic (exact) mass is 987 g/mol. The average Bonchev–Trinajstić information content (AvgIpc) is 3.98. The van der Waals surface area contributed by atoms with Crippen LogP contribution in [0, 0.1) is 18.6 Å². The first-order valence-corrected chi connectivity index (χ1v) is 24.7. The van der Waals surface area contributed by atoms with Crippen LogP contribution in [0.3, 0.4) is 0 Å². The average molecular weight is 988 g/mol. The lowest BCUT2D eigenvalue weighted by Gasteiger charge is -2.35. The number of piperazine rings is 1. The van der Waals surface area contributed by atoms with E-state index in [9.17, 15) is 28.7 Å². The molecule has 0 saturated carbocycles. The molecule has 0 spiro atoms. The highest BCUT2D eigenvalue weighted by Gasteiger charge is 2.40. The summed E-state index contributed by atoms with van der Waals surface area (Å²) in [7, 11) is 0. The van der Waals surface area contributed by atoms with Crippen molar-refractivity contribution in [3.05, 3.63) is 112 Å². The fourth-order valence-electron chi connectivity index (χ4n) is 10.7. The molecular weight excluding hydrogens is 929 g/mol. The summed E-state index contributed by atoms with van der Waals surface area (Å²) in [5.74, 6) is -1.15. The van der Waals surface area contributed by atoms with Gasteiger partial charge < -0.3 is 38.4 Å². The van der Waals surface area contributed by atoms with Crippen molar-refractivity contribution < 1.29 is 52.0 Å². The van der Waals surface area contributed by atoms with Gasteiger partial charge in [0.2, 0.25) is 11.8 Å². The van der Waals surface area contributed by atoms with Crippen LogP contribution >= 0.6 is 0 Å². The molecule has 0 radical (unpaired) electrons. The van der Waals surface area contributed by atoms with Gasteiger partial charge in [0, 0.05) is 78.7 Å². The Morgan fingerprint density at radius 1 is 0.931 bits per heavy atom. The molecule has 0 bridgehead atoms. The molecule has 4 amide bonds. The third-order valence-corrected chi connectivity index (χ3v) is 14.1. The molecule has 0 aliphatic carbocycles. The zero-order chi connectivity index (χ0) is 50.4. The van der Waals surface area contributed by atoms with Crippen LogP contribution in [0.4, 0.5) is 8.78 Å². The van der Waals surface area contributed by atoms with E-state index in [0.717, 1.165) is 27.4 Å². The number of aliphatic hydroxyl groups excluding tert-OH is 1. The van der Waals surface area contributed by atoms with E-state index in [0.29, 0.717) is 123 Å². The second-order valence-electron chi connectivity index (χ2n) is 19.9. The number of aliphatic hydroxyl groups is 1. The van der Waals surface area contributed by atoms with Crippen molar-refractivity contribution in [1.29, 1.82) is 0 Å². The van der Waals surface area contributed by atoms with Gasteiger partial charge in [0.1, 0.15) is 29.2 Å². The lowest BCUT2D eigenvalue weighted by Crippen LogP contribution is -2.52. The number of halogens is 2. The Balaban J connectivity index is 0.887. The number of benzene rings is 4. The maximum atomic E-state index is 16.8. The van der Waals surface area contributed by atoms with Gasteiger partial charge in [0.15, 0.2) is 12.9 Å². The number of ether oxygens (including phenoxy) is 4. The summed E-state index contributed by atoms with van der Waals surface area (Å²) in [5, 5.41) is 21.6. The number of hydrogen-bond donors (Lipinski definition) is 2. The molecule has 6 heterocycles. The Morgan fingerprint density at radius 2 is 1.71 bits per heavy atom. The van der Waals surface area contributed by atoms with Crippen LogP contribution in [-0.2, 0) is 56.5 Å². The largest absolute Gasteiger partial charge is 0.493 e. The van der Waals surface area contributed by atoms with Gasteiger partial charge in [-0.1, -0.05) is 18.2 Å². The fraction of sp³-hybridized carbons (Fsp3) is 0.426. The fourth-order valence-corrected chi connectivity index (χ4v) is 10.7. The van der Waals surface area contributed by atoms with Crippen LogP contribution < -0.4 is 14.8 Å². The van der Waals surface area contributed by atoms with Crippen molar-refractivity contribution in [2.75, 3.05) is 52.5 Å². The molecule has 4 aliphatic rings. The Morgan fingerprint density at radius 3 is 2.50 bits per heavy atom. The number of imide groups is 1. The first-order valence-electron chi connectivity index (χ1n) is 24.7. The van der Waals surface area contributed by atoms with Crippen molar-refractivity contribution in [3.8, 4) is 22.6 Å². The molecule has 18 heteroatoms. The van der Waals surface area contributed by atoms with Crippen LogP contribution in [0.1, 0.15) is 84.9 Å². The molecule has 2 N–H and O–H groups in total. The summed E-state index contributed by atoms with van der Waals surface area (Å²) in [6, 6.07) is 17.7. The second kappa shape index (κ2) is 20.1. The lowest BCUT2D eigenvalue weighted by molar-refractivity contribution is -0.173. The van der Waals surface area contributed by atoms with E-state index in [1.807, 2.05) is 55.1 Å². The van der Waals surface area contributed by atoms with E-state index in [-0.39, 0.29) is 56.1 Å². The second-order valence-corrected chi connectivity index (χ2v) is 19.9. The van der Waals surface area contributed by atoms with E-state index in [2.05, 4.69) is 10.2 Å². The minimum atomic E-state index is -1.39. The number of carbonyl (C=O) groups excluding carboxylic acids is 4. The molecule has 16 nitrogen and oxygen atoms in total. The minimum absolute atomic E-state index is 0.125. The number of hydrogen-bond acceptors (Lipinski definition) is 11. The molecule has 2 aromatic heterocycles. The van der Waals surface area contributed by atoms with Crippen LogP contribution in [0.15, 0.2) is 66.7 Å². The van der Waals surface area contributed by atoms with E-state index in [4.69, 9.17) is 24.0 Å². The SMILES string of the molecule is Cc1nn2c(c1-c1c(F)ccc3c(CCCOc4cccc5cc(F)ccc45)c(C(O)OC(C)(C)C)n(CCN4CCN(C(=O)COc5cccc6c5CN(C5CCC(=O)NC5=O)C6=O)CC4)c13)COCC2. The van der Waals surface area contributed by atoms with Crippen LogP contribution in [0.25, 0.3) is 32.8 Å². The number of aryl methyl sites for hydroxylation is 2. The minimum Gasteiger partial charge on any atom is -0.493 e. The summed E-state index contributed by atoms with van der Waals surface area (Å²) in [5.41, 5.74) is 4.64. The van der Waals surface area contributed by atoms with Gasteiger partial charge in [-0.05, 0) is 106 Å². The van der Waals surface area contributed by atoms with Crippen molar-refractivity contribution in [2.45, 2.75) is 97.6 Å². The molecule has 72 heavy (non-hydrogen) atoms. The first-order chi connectivity index (χ1) is 34.6. The Labute approximate surface area is 415 Å². The van der Waals surface area contributed by atoms with Gasteiger partial charge in [-0.25, -0.2) is 8.78 Å². The molecule has 2 atom stereocenters. The first kappa shape index (κ1) is 48.9. The highest BCUT2D eigenvalue weighted by molar-refractivity contribution is 6.06. The number of carbonyl (C=O) groups is 4. The van der Waals surface area contributed by atoms with Gasteiger partial charge in [-0.2, -0.15) is 5.10 Å². The van der Waals surface area contributed by atoms with E-state index >= 15 is 4.39 Å². The molecule has 6 aromatic rings. The third kappa shape index (κ3) is 9.67. The molecule has 4 aliphatic heterocycles. The predicted octanol–water partition coefficient (Wildman–Crippen LogP) is 6.58. The molecule has 2 fully saturated rings. The Bertz CT molecular complexity index is 3100. The number of rotatable bonds is 15. The maximum Gasteiger partial charge on any atom is 0.260 e. The van der Waals surface area contributed by atoms with Gasteiger partial charge in [-0.15, -0.1) is 0 Å². The standard InChI is InChI=1S/C54H59F2N7O9/c1-32-47(42-30-69-27-25-63(42)58-32)48-40(56)16-15-37-36(10-7-26-70-43-11-5-8-33-28-34(55)13-14-35(33)43)50(53(68)72-54(2,3)4)61(49(37)48)24-21-59-19-22-60(23-20-59)46(65)31-71-44-12-6-9-38-39(44)29-62(52(38)67)41-17-18-45(64)57-51(41)66/h5-6,8-9,11-16,28,41,53,68H,7,10,17-27,29-31H2,1-4H3,(H,57,64,66). The zero-order valence-electron chi connectivity index (χ0n) is 41.0. The molecular formula is C54H59F2N7O9. The number of piperidine rings is 1. The van der Waals surface area contributed by atoms with Gasteiger partial charge in [0.25, 0.3) is 11.8 Å². The maximum absolute atomic E-state index is 16.8. The van der Waals surface area contributed by atoms with Crippen LogP contribution in [-0.4, -0.2) is 122 Å². The number of aromatic nitrogens is 3. The zero-order valence-corrected chi connectivity index (χ0v) is 41.0. The predicted molar refractivity (Wildman–Crippen MR) is 262 cm³/mol. The molecule has 4 aromatic carbocycles. The number of amides is 4. The summed E-state index contributed by atoms with van der Waals surface area (Å²) >= 11 is 0. The molecule has 10 rings (SSSR count). The topological polar surface area (TPSA) is 170 Å². The lowest BCUT2D eigenvalue weighted by atomic mass is 9.97. The number of nitrogens with one attached hydrogen (secondary N) is 1. The summed E-state index contributed by atoms with van der Waals surface area (Å²) < 4.78 is 59.4. The van der Waals surface area contributed by atoms with E-state index < -0.39 is 29.7 Å². The third-order valence-electron chi connectivity index (χ3n) is 14.1. The van der Waals surface area contributed by atoms with Crippen molar-refractivity contribution in [1.82, 2.24) is 34.4 Å².